The number of rotatable bonds is 31. The van der Waals surface area contributed by atoms with E-state index in [0.717, 1.165) is 74.4 Å². The van der Waals surface area contributed by atoms with Crippen molar-refractivity contribution in [3.63, 3.8) is 0 Å². The van der Waals surface area contributed by atoms with Crippen LogP contribution in [0.25, 0.3) is 11.1 Å². The summed E-state index contributed by atoms with van der Waals surface area (Å²) in [6, 6.07) is 16.3. The Labute approximate surface area is 306 Å². The molecule has 282 valence electrons. The van der Waals surface area contributed by atoms with Crippen molar-refractivity contribution in [2.45, 2.75) is 156 Å². The summed E-state index contributed by atoms with van der Waals surface area (Å²) in [7, 11) is 0. The molecule has 0 amide bonds. The number of esters is 2. The normalized spacial score (nSPS) is 11.4. The third-order valence-corrected chi connectivity index (χ3v) is 9.51. The zero-order valence-electron chi connectivity index (χ0n) is 32.5. The first-order valence-electron chi connectivity index (χ1n) is 20.4. The van der Waals surface area contributed by atoms with Gasteiger partial charge < -0.3 is 19.3 Å². The standard InChI is InChI=1S/C44H72N2O4/c1-5-9-13-17-31-45(29-15-11-7-3)33-21-27-43(47)49-37-39-23-19-25-41(35-39)42-26-20-24-40(36-42)38-50-44(48)28-22-34-46(30-16-12-8-4)32-18-14-10-6-2/h19-20,23-26,35-36H,5-18,21-22,27-34,37-38H2,1-4H3. The Morgan fingerprint density at radius 2 is 0.800 bits per heavy atom. The van der Waals surface area contributed by atoms with Gasteiger partial charge in [-0.2, -0.15) is 0 Å². The van der Waals surface area contributed by atoms with Gasteiger partial charge in [0.05, 0.1) is 0 Å². The monoisotopic (exact) mass is 693 g/mol. The average Bonchev–Trinajstić information content (AvgIpc) is 3.13. The fourth-order valence-electron chi connectivity index (χ4n) is 6.41. The van der Waals surface area contributed by atoms with Crippen LogP contribution in [0.15, 0.2) is 48.5 Å². The lowest BCUT2D eigenvalue weighted by molar-refractivity contribution is -0.146. The van der Waals surface area contributed by atoms with Crippen LogP contribution in [0.5, 0.6) is 0 Å². The van der Waals surface area contributed by atoms with Gasteiger partial charge in [0.2, 0.25) is 0 Å². The van der Waals surface area contributed by atoms with Gasteiger partial charge in [0, 0.05) is 12.8 Å². The van der Waals surface area contributed by atoms with Crippen molar-refractivity contribution in [2.24, 2.45) is 0 Å². The van der Waals surface area contributed by atoms with Crippen molar-refractivity contribution < 1.29 is 19.1 Å². The van der Waals surface area contributed by atoms with Crippen LogP contribution in [0.4, 0.5) is 0 Å². The average molecular weight is 693 g/mol. The van der Waals surface area contributed by atoms with E-state index in [4.69, 9.17) is 9.47 Å². The minimum Gasteiger partial charge on any atom is -0.461 e. The minimum absolute atomic E-state index is 0.130. The van der Waals surface area contributed by atoms with E-state index in [-0.39, 0.29) is 25.2 Å². The molecule has 2 aromatic carbocycles. The highest BCUT2D eigenvalue weighted by Gasteiger charge is 2.11. The maximum absolute atomic E-state index is 12.6. The van der Waals surface area contributed by atoms with Crippen LogP contribution in [0.2, 0.25) is 0 Å². The summed E-state index contributed by atoms with van der Waals surface area (Å²) in [5, 5.41) is 0. The molecule has 0 aliphatic heterocycles. The second-order valence-corrected chi connectivity index (χ2v) is 14.1. The van der Waals surface area contributed by atoms with Gasteiger partial charge in [-0.25, -0.2) is 0 Å². The van der Waals surface area contributed by atoms with Crippen molar-refractivity contribution in [1.29, 1.82) is 0 Å². The molecular weight excluding hydrogens is 620 g/mol. The van der Waals surface area contributed by atoms with Gasteiger partial charge in [-0.05, 0) is 112 Å². The molecule has 6 nitrogen and oxygen atoms in total. The van der Waals surface area contributed by atoms with Crippen LogP contribution in [-0.4, -0.2) is 61.0 Å². The van der Waals surface area contributed by atoms with E-state index in [2.05, 4.69) is 61.8 Å². The molecule has 0 atom stereocenters. The highest BCUT2D eigenvalue weighted by Crippen LogP contribution is 2.23. The second kappa shape index (κ2) is 28.9. The van der Waals surface area contributed by atoms with Crippen LogP contribution in [-0.2, 0) is 32.3 Å². The van der Waals surface area contributed by atoms with Gasteiger partial charge in [0.15, 0.2) is 0 Å². The molecule has 0 fully saturated rings. The number of carbonyl (C=O) groups is 2. The molecular formula is C44H72N2O4. The molecule has 0 aliphatic rings. The smallest absolute Gasteiger partial charge is 0.306 e. The van der Waals surface area contributed by atoms with E-state index in [1.54, 1.807) is 0 Å². The molecule has 0 aliphatic carbocycles. The van der Waals surface area contributed by atoms with Crippen LogP contribution >= 0.6 is 0 Å². The van der Waals surface area contributed by atoms with Crippen LogP contribution < -0.4 is 0 Å². The predicted octanol–water partition coefficient (Wildman–Crippen LogP) is 11.1. The van der Waals surface area contributed by atoms with Crippen molar-refractivity contribution in [3.8, 4) is 11.1 Å². The fraction of sp³-hybridized carbons (Fsp3) is 0.682. The molecule has 0 heterocycles. The largest absolute Gasteiger partial charge is 0.461 e. The number of benzene rings is 2. The van der Waals surface area contributed by atoms with Crippen molar-refractivity contribution >= 4 is 11.9 Å². The van der Waals surface area contributed by atoms with E-state index in [0.29, 0.717) is 12.8 Å². The summed E-state index contributed by atoms with van der Waals surface area (Å²) < 4.78 is 11.4. The minimum atomic E-state index is -0.130. The fourth-order valence-corrected chi connectivity index (χ4v) is 6.41. The Hall–Kier alpha value is -2.70. The Morgan fingerprint density at radius 3 is 1.18 bits per heavy atom. The van der Waals surface area contributed by atoms with Crippen molar-refractivity contribution in [1.82, 2.24) is 9.80 Å². The lowest BCUT2D eigenvalue weighted by atomic mass is 10.0. The van der Waals surface area contributed by atoms with E-state index in [9.17, 15) is 9.59 Å². The topological polar surface area (TPSA) is 59.1 Å². The summed E-state index contributed by atoms with van der Waals surface area (Å²) in [5.74, 6) is -0.259. The van der Waals surface area contributed by atoms with E-state index >= 15 is 0 Å². The maximum atomic E-state index is 12.6. The number of carbonyl (C=O) groups excluding carboxylic acids is 2. The lowest BCUT2D eigenvalue weighted by Gasteiger charge is -2.22. The molecule has 0 aromatic heterocycles. The van der Waals surface area contributed by atoms with Gasteiger partial charge in [-0.15, -0.1) is 0 Å². The number of unbranched alkanes of at least 4 members (excludes halogenated alkanes) is 10. The van der Waals surface area contributed by atoms with Crippen LogP contribution in [0.3, 0.4) is 0 Å². The zero-order valence-corrected chi connectivity index (χ0v) is 32.5. The Kier molecular flexibility index (Phi) is 25.2. The van der Waals surface area contributed by atoms with Crippen LogP contribution in [0.1, 0.15) is 154 Å². The number of nitrogens with zero attached hydrogens (tertiary/aromatic N) is 2. The summed E-state index contributed by atoms with van der Waals surface area (Å²) in [5.41, 5.74) is 4.05. The molecule has 0 saturated carbocycles. The molecule has 0 radical (unpaired) electrons. The van der Waals surface area contributed by atoms with E-state index in [1.807, 2.05) is 24.3 Å². The number of hydrogen-bond donors (Lipinski definition) is 0. The lowest BCUT2D eigenvalue weighted by Crippen LogP contribution is -2.27. The van der Waals surface area contributed by atoms with Gasteiger partial charge in [-0.3, -0.25) is 9.59 Å². The quantitative estimate of drug-likeness (QED) is 0.0579. The van der Waals surface area contributed by atoms with Gasteiger partial charge >= 0.3 is 11.9 Å². The highest BCUT2D eigenvalue weighted by atomic mass is 16.5. The second-order valence-electron chi connectivity index (χ2n) is 14.1. The van der Waals surface area contributed by atoms with Crippen molar-refractivity contribution in [2.75, 3.05) is 39.3 Å². The molecule has 0 N–H and O–H groups in total. The molecule has 2 rings (SSSR count). The first-order chi connectivity index (χ1) is 24.5. The molecule has 0 spiro atoms. The third-order valence-electron chi connectivity index (χ3n) is 9.51. The third kappa shape index (κ3) is 20.8. The predicted molar refractivity (Wildman–Crippen MR) is 210 cm³/mol. The van der Waals surface area contributed by atoms with E-state index in [1.165, 1.54) is 89.9 Å². The summed E-state index contributed by atoms with van der Waals surface area (Å²) in [4.78, 5) is 30.3. The highest BCUT2D eigenvalue weighted by molar-refractivity contribution is 5.70. The number of hydrogen-bond acceptors (Lipinski definition) is 6. The Bertz CT molecular complexity index is 1060. The maximum Gasteiger partial charge on any atom is 0.306 e. The van der Waals surface area contributed by atoms with Gasteiger partial charge in [-0.1, -0.05) is 128 Å². The molecule has 0 bridgehead atoms. The molecule has 0 saturated heterocycles. The molecule has 0 unspecified atom stereocenters. The van der Waals surface area contributed by atoms with Gasteiger partial charge in [0.1, 0.15) is 13.2 Å². The summed E-state index contributed by atoms with van der Waals surface area (Å²) in [6.07, 6.45) is 20.2. The van der Waals surface area contributed by atoms with Gasteiger partial charge in [0.25, 0.3) is 0 Å². The molecule has 50 heavy (non-hydrogen) atoms. The first-order valence-corrected chi connectivity index (χ1v) is 20.4. The summed E-state index contributed by atoms with van der Waals surface area (Å²) >= 11 is 0. The Morgan fingerprint density at radius 1 is 0.460 bits per heavy atom. The summed E-state index contributed by atoms with van der Waals surface area (Å²) in [6.45, 7) is 16.0. The zero-order chi connectivity index (χ0) is 36.1. The number of ether oxygens (including phenoxy) is 2. The van der Waals surface area contributed by atoms with E-state index < -0.39 is 0 Å². The Balaban J connectivity index is 1.78. The van der Waals surface area contributed by atoms with Crippen molar-refractivity contribution in [3.05, 3.63) is 59.7 Å². The molecule has 6 heteroatoms. The first kappa shape index (κ1) is 43.5. The van der Waals surface area contributed by atoms with Crippen LogP contribution in [0, 0.1) is 0 Å². The SMILES string of the molecule is CCCCCCN(CCCCC)CCCC(=O)OCc1cccc(-c2cccc(COC(=O)CCCN(CCCCC)CCCCCC)c2)c1. The molecule has 2 aromatic rings.